The van der Waals surface area contributed by atoms with Crippen LogP contribution in [-0.2, 0) is 9.84 Å². The van der Waals surface area contributed by atoms with Crippen molar-refractivity contribution in [3.05, 3.63) is 29.6 Å². The second-order valence-corrected chi connectivity index (χ2v) is 6.72. The van der Waals surface area contributed by atoms with E-state index in [2.05, 4.69) is 5.32 Å². The van der Waals surface area contributed by atoms with E-state index in [1.54, 1.807) is 0 Å². The number of hydrogen-bond donors (Lipinski definition) is 1. The summed E-state index contributed by atoms with van der Waals surface area (Å²) < 4.78 is 38.1. The number of fused-ring (bicyclic) bond motifs is 1. The Morgan fingerprint density at radius 2 is 2.06 bits per heavy atom. The highest BCUT2D eigenvalue weighted by molar-refractivity contribution is 7.92. The molecule has 100 valence electrons. The molecule has 18 heavy (non-hydrogen) atoms. The lowest BCUT2D eigenvalue weighted by molar-refractivity contribution is 0.490. The molecule has 2 atom stereocenters. The molecule has 0 aliphatic carbocycles. The number of nitrogens with one attached hydrogen (secondary N) is 1. The highest BCUT2D eigenvalue weighted by atomic mass is 32.2. The molecule has 5 heteroatoms. The van der Waals surface area contributed by atoms with Gasteiger partial charge in [0.15, 0.2) is 9.84 Å². The minimum absolute atomic E-state index is 0.285. The first-order valence-corrected chi connectivity index (χ1v) is 7.83. The third-order valence-corrected chi connectivity index (χ3v) is 5.67. The fourth-order valence-electron chi connectivity index (χ4n) is 2.63. The van der Waals surface area contributed by atoms with Crippen molar-refractivity contribution < 1.29 is 12.8 Å². The quantitative estimate of drug-likeness (QED) is 0.856. The van der Waals surface area contributed by atoms with Crippen molar-refractivity contribution in [2.75, 3.05) is 6.54 Å². The van der Waals surface area contributed by atoms with Crippen LogP contribution in [0.5, 0.6) is 0 Å². The molecule has 0 spiro atoms. The molecule has 0 saturated carbocycles. The summed E-state index contributed by atoms with van der Waals surface area (Å²) in [5.74, 6) is -0.385. The van der Waals surface area contributed by atoms with Crippen LogP contribution in [0.15, 0.2) is 23.1 Å². The van der Waals surface area contributed by atoms with Crippen LogP contribution in [0.3, 0.4) is 0 Å². The molecule has 0 radical (unpaired) electrons. The summed E-state index contributed by atoms with van der Waals surface area (Å²) in [5.41, 5.74) is 0.579. The predicted octanol–water partition coefficient (Wildman–Crippen LogP) is 2.43. The van der Waals surface area contributed by atoms with E-state index in [9.17, 15) is 12.8 Å². The average molecular weight is 271 g/mol. The summed E-state index contributed by atoms with van der Waals surface area (Å²) in [7, 11) is -3.33. The van der Waals surface area contributed by atoms with Crippen molar-refractivity contribution in [3.63, 3.8) is 0 Å². The van der Waals surface area contributed by atoms with Crippen LogP contribution in [0, 0.1) is 5.82 Å². The Morgan fingerprint density at radius 3 is 2.67 bits per heavy atom. The van der Waals surface area contributed by atoms with Crippen LogP contribution in [0.2, 0.25) is 0 Å². The highest BCUT2D eigenvalue weighted by Gasteiger charge is 2.43. The lowest BCUT2D eigenvalue weighted by atomic mass is 10.0. The van der Waals surface area contributed by atoms with E-state index in [4.69, 9.17) is 0 Å². The standard InChI is InChI=1S/C13H18FNO2S/c1-3-5-12-13(15-4-2)10-8-9(14)6-7-11(10)18(12,16)17/h6-8,12-13,15H,3-5H2,1-2H3. The Balaban J connectivity index is 2.55. The molecule has 0 bridgehead atoms. The van der Waals surface area contributed by atoms with E-state index >= 15 is 0 Å². The van der Waals surface area contributed by atoms with Gasteiger partial charge in [-0.2, -0.15) is 0 Å². The molecular formula is C13H18FNO2S. The van der Waals surface area contributed by atoms with Crippen molar-refractivity contribution in [1.29, 1.82) is 0 Å². The van der Waals surface area contributed by atoms with Gasteiger partial charge in [0.05, 0.1) is 16.2 Å². The Bertz CT molecular complexity index is 542. The number of sulfone groups is 1. The zero-order valence-electron chi connectivity index (χ0n) is 10.6. The van der Waals surface area contributed by atoms with Crippen molar-refractivity contribution in [2.24, 2.45) is 0 Å². The van der Waals surface area contributed by atoms with Gasteiger partial charge in [0.2, 0.25) is 0 Å². The zero-order valence-corrected chi connectivity index (χ0v) is 11.4. The first-order valence-electron chi connectivity index (χ1n) is 6.29. The van der Waals surface area contributed by atoms with Gasteiger partial charge in [-0.1, -0.05) is 20.3 Å². The maximum Gasteiger partial charge on any atom is 0.183 e. The van der Waals surface area contributed by atoms with E-state index < -0.39 is 15.1 Å². The minimum Gasteiger partial charge on any atom is -0.309 e. The largest absolute Gasteiger partial charge is 0.309 e. The number of benzene rings is 1. The molecule has 0 aromatic heterocycles. The average Bonchev–Trinajstić information content (AvgIpc) is 2.51. The lowest BCUT2D eigenvalue weighted by Crippen LogP contribution is -2.31. The predicted molar refractivity (Wildman–Crippen MR) is 68.7 cm³/mol. The SMILES string of the molecule is CCCC1C(NCC)c2cc(F)ccc2S1(=O)=O. The summed E-state index contributed by atoms with van der Waals surface area (Å²) in [6, 6.07) is 3.66. The second kappa shape index (κ2) is 4.97. The van der Waals surface area contributed by atoms with Gasteiger partial charge in [-0.05, 0) is 36.7 Å². The van der Waals surface area contributed by atoms with Gasteiger partial charge in [0.1, 0.15) is 5.82 Å². The van der Waals surface area contributed by atoms with Gasteiger partial charge in [-0.25, -0.2) is 12.8 Å². The molecule has 1 aliphatic heterocycles. The fourth-order valence-corrected chi connectivity index (χ4v) is 4.88. The summed E-state index contributed by atoms with van der Waals surface area (Å²) in [4.78, 5) is 0.285. The summed E-state index contributed by atoms with van der Waals surface area (Å²) in [6.07, 6.45) is 1.39. The van der Waals surface area contributed by atoms with Crippen LogP contribution in [0.25, 0.3) is 0 Å². The molecule has 2 rings (SSSR count). The normalized spacial score (nSPS) is 25.1. The van der Waals surface area contributed by atoms with Crippen molar-refractivity contribution in [2.45, 2.75) is 42.9 Å². The molecule has 1 heterocycles. The van der Waals surface area contributed by atoms with Crippen LogP contribution >= 0.6 is 0 Å². The molecule has 3 nitrogen and oxygen atoms in total. The molecular weight excluding hydrogens is 253 g/mol. The first kappa shape index (κ1) is 13.5. The third-order valence-electron chi connectivity index (χ3n) is 3.38. The van der Waals surface area contributed by atoms with Gasteiger partial charge in [-0.15, -0.1) is 0 Å². The van der Waals surface area contributed by atoms with E-state index in [-0.39, 0.29) is 16.8 Å². The molecule has 1 aromatic carbocycles. The Morgan fingerprint density at radius 1 is 1.33 bits per heavy atom. The molecule has 1 aliphatic rings. The topological polar surface area (TPSA) is 46.2 Å². The monoisotopic (exact) mass is 271 g/mol. The van der Waals surface area contributed by atoms with Gasteiger partial charge >= 0.3 is 0 Å². The summed E-state index contributed by atoms with van der Waals surface area (Å²) >= 11 is 0. The second-order valence-electron chi connectivity index (χ2n) is 4.59. The molecule has 1 N–H and O–H groups in total. The fraction of sp³-hybridized carbons (Fsp3) is 0.538. The Kier molecular flexibility index (Phi) is 3.73. The number of rotatable bonds is 4. The Labute approximate surface area is 107 Å². The van der Waals surface area contributed by atoms with Gasteiger partial charge in [0.25, 0.3) is 0 Å². The summed E-state index contributed by atoms with van der Waals surface area (Å²) in [6.45, 7) is 4.55. The first-order chi connectivity index (χ1) is 8.52. The van der Waals surface area contributed by atoms with E-state index in [1.165, 1.54) is 18.2 Å². The van der Waals surface area contributed by atoms with Crippen LogP contribution in [0.4, 0.5) is 4.39 Å². The van der Waals surface area contributed by atoms with E-state index in [0.29, 0.717) is 18.5 Å². The lowest BCUT2D eigenvalue weighted by Gasteiger charge is -2.19. The minimum atomic E-state index is -3.33. The smallest absolute Gasteiger partial charge is 0.183 e. The van der Waals surface area contributed by atoms with E-state index in [1.807, 2.05) is 13.8 Å². The van der Waals surface area contributed by atoms with Crippen molar-refractivity contribution in [1.82, 2.24) is 5.32 Å². The van der Waals surface area contributed by atoms with Crippen LogP contribution in [0.1, 0.15) is 38.3 Å². The van der Waals surface area contributed by atoms with E-state index in [0.717, 1.165) is 6.42 Å². The molecule has 2 unspecified atom stereocenters. The van der Waals surface area contributed by atoms with Gasteiger partial charge in [-0.3, -0.25) is 0 Å². The maximum absolute atomic E-state index is 13.3. The molecule has 1 aromatic rings. The molecule has 0 amide bonds. The molecule has 0 saturated heterocycles. The summed E-state index contributed by atoms with van der Waals surface area (Å²) in [5, 5.41) is 2.70. The van der Waals surface area contributed by atoms with Crippen molar-refractivity contribution in [3.8, 4) is 0 Å². The molecule has 0 fully saturated rings. The van der Waals surface area contributed by atoms with Crippen molar-refractivity contribution >= 4 is 9.84 Å². The maximum atomic E-state index is 13.3. The number of hydrogen-bond acceptors (Lipinski definition) is 3. The highest BCUT2D eigenvalue weighted by Crippen LogP contribution is 2.41. The van der Waals surface area contributed by atoms with Gasteiger partial charge in [0, 0.05) is 0 Å². The van der Waals surface area contributed by atoms with Gasteiger partial charge < -0.3 is 5.32 Å². The third kappa shape index (κ3) is 2.06. The zero-order chi connectivity index (χ0) is 13.3. The van der Waals surface area contributed by atoms with Crippen LogP contribution in [-0.4, -0.2) is 20.2 Å². The Hall–Kier alpha value is -0.940. The van der Waals surface area contributed by atoms with Crippen LogP contribution < -0.4 is 5.32 Å². The number of halogens is 1.